The monoisotopic (exact) mass is 417 g/mol. The Labute approximate surface area is 160 Å². The van der Waals surface area contributed by atoms with E-state index < -0.39 is 40.5 Å². The van der Waals surface area contributed by atoms with Gasteiger partial charge in [0.05, 0.1) is 17.9 Å². The van der Waals surface area contributed by atoms with Gasteiger partial charge in [0, 0.05) is 31.1 Å². The summed E-state index contributed by atoms with van der Waals surface area (Å²) in [6, 6.07) is 3.54. The van der Waals surface area contributed by atoms with Crippen LogP contribution in [0.3, 0.4) is 0 Å². The number of sulfonamides is 1. The first-order valence-electron chi connectivity index (χ1n) is 8.21. The van der Waals surface area contributed by atoms with Gasteiger partial charge in [0.2, 0.25) is 15.9 Å². The second-order valence-electron chi connectivity index (χ2n) is 6.11. The number of hydrogen-bond donors (Lipinski definition) is 2. The van der Waals surface area contributed by atoms with Crippen molar-refractivity contribution in [2.24, 2.45) is 0 Å². The highest BCUT2D eigenvalue weighted by molar-refractivity contribution is 7.89. The van der Waals surface area contributed by atoms with Crippen molar-refractivity contribution < 1.29 is 31.2 Å². The van der Waals surface area contributed by atoms with E-state index in [4.69, 9.17) is 6.42 Å². The van der Waals surface area contributed by atoms with E-state index >= 15 is 0 Å². The van der Waals surface area contributed by atoms with E-state index in [1.807, 2.05) is 0 Å². The first-order chi connectivity index (χ1) is 13.0. The molecule has 0 aliphatic carbocycles. The fourth-order valence-corrected chi connectivity index (χ4v) is 4.08. The van der Waals surface area contributed by atoms with Crippen LogP contribution in [-0.4, -0.2) is 56.4 Å². The molecule has 152 valence electrons. The van der Waals surface area contributed by atoms with Gasteiger partial charge < -0.3 is 10.6 Å². The van der Waals surface area contributed by atoms with Crippen molar-refractivity contribution in [3.8, 4) is 12.3 Å². The van der Waals surface area contributed by atoms with E-state index in [0.29, 0.717) is 0 Å². The van der Waals surface area contributed by atoms with Crippen LogP contribution in [0.25, 0.3) is 0 Å². The number of terminal acetylenes is 1. The SMILES string of the molecule is C#CC[C@H](CC(F)(F)F)NC(=O)c1cccc(S(=O)(=O)N2CCNC(=O)C2)c1. The van der Waals surface area contributed by atoms with Crippen LogP contribution >= 0.6 is 0 Å². The normalized spacial score (nSPS) is 16.7. The van der Waals surface area contributed by atoms with E-state index in [1.54, 1.807) is 0 Å². The van der Waals surface area contributed by atoms with Crippen molar-refractivity contribution in [3.05, 3.63) is 29.8 Å². The van der Waals surface area contributed by atoms with Crippen LogP contribution in [-0.2, 0) is 14.8 Å². The van der Waals surface area contributed by atoms with Crippen molar-refractivity contribution in [1.29, 1.82) is 0 Å². The van der Waals surface area contributed by atoms with Gasteiger partial charge in [0.1, 0.15) is 0 Å². The Kier molecular flexibility index (Phi) is 6.69. The maximum absolute atomic E-state index is 12.7. The third-order valence-corrected chi connectivity index (χ3v) is 5.76. The number of nitrogens with zero attached hydrogens (tertiary/aromatic N) is 1. The number of piperazine rings is 1. The van der Waals surface area contributed by atoms with Crippen molar-refractivity contribution in [1.82, 2.24) is 14.9 Å². The minimum Gasteiger partial charge on any atom is -0.354 e. The summed E-state index contributed by atoms with van der Waals surface area (Å²) in [4.78, 5) is 23.5. The van der Waals surface area contributed by atoms with Gasteiger partial charge in [0.25, 0.3) is 5.91 Å². The molecule has 0 radical (unpaired) electrons. The van der Waals surface area contributed by atoms with Gasteiger partial charge in [-0.3, -0.25) is 9.59 Å². The third kappa shape index (κ3) is 5.71. The van der Waals surface area contributed by atoms with Gasteiger partial charge in [-0.15, -0.1) is 12.3 Å². The van der Waals surface area contributed by atoms with Gasteiger partial charge in [-0.05, 0) is 18.2 Å². The number of nitrogens with one attached hydrogen (secondary N) is 2. The number of alkyl halides is 3. The molecular formula is C17H18F3N3O4S. The van der Waals surface area contributed by atoms with Gasteiger partial charge in [-0.1, -0.05) is 6.07 Å². The van der Waals surface area contributed by atoms with E-state index in [-0.39, 0.29) is 36.5 Å². The second kappa shape index (κ2) is 8.62. The Hall–Kier alpha value is -2.58. The zero-order valence-corrected chi connectivity index (χ0v) is 15.4. The number of benzene rings is 1. The minimum atomic E-state index is -4.52. The Balaban J connectivity index is 2.20. The summed E-state index contributed by atoms with van der Waals surface area (Å²) in [6.07, 6.45) is -1.10. The fraction of sp³-hybridized carbons (Fsp3) is 0.412. The lowest BCUT2D eigenvalue weighted by molar-refractivity contribution is -0.139. The quantitative estimate of drug-likeness (QED) is 0.672. The molecule has 11 heteroatoms. The molecule has 0 aromatic heterocycles. The minimum absolute atomic E-state index is 0.0698. The molecule has 1 heterocycles. The molecule has 1 fully saturated rings. The molecule has 0 unspecified atom stereocenters. The lowest BCUT2D eigenvalue weighted by atomic mass is 10.1. The Morgan fingerprint density at radius 2 is 2.11 bits per heavy atom. The maximum atomic E-state index is 12.7. The highest BCUT2D eigenvalue weighted by Crippen LogP contribution is 2.23. The molecule has 2 N–H and O–H groups in total. The predicted molar refractivity (Wildman–Crippen MR) is 93.6 cm³/mol. The zero-order valence-electron chi connectivity index (χ0n) is 14.6. The van der Waals surface area contributed by atoms with E-state index in [9.17, 15) is 31.2 Å². The van der Waals surface area contributed by atoms with E-state index in [0.717, 1.165) is 10.4 Å². The summed E-state index contributed by atoms with van der Waals surface area (Å²) < 4.78 is 64.1. The third-order valence-electron chi connectivity index (χ3n) is 3.91. The molecule has 7 nitrogen and oxygen atoms in total. The smallest absolute Gasteiger partial charge is 0.354 e. The number of carbonyl (C=O) groups is 2. The Bertz CT molecular complexity index is 894. The van der Waals surface area contributed by atoms with Crippen LogP contribution in [0.15, 0.2) is 29.2 Å². The van der Waals surface area contributed by atoms with Crippen molar-refractivity contribution in [3.63, 3.8) is 0 Å². The summed E-state index contributed by atoms with van der Waals surface area (Å²) in [5, 5.41) is 4.68. The van der Waals surface area contributed by atoms with Crippen molar-refractivity contribution in [2.45, 2.75) is 30.0 Å². The molecule has 0 spiro atoms. The molecular weight excluding hydrogens is 399 g/mol. The molecule has 1 atom stereocenters. The molecule has 0 bridgehead atoms. The number of rotatable bonds is 6. The predicted octanol–water partition coefficient (Wildman–Crippen LogP) is 0.881. The molecule has 2 rings (SSSR count). The number of halogens is 3. The first-order valence-corrected chi connectivity index (χ1v) is 9.65. The highest BCUT2D eigenvalue weighted by Gasteiger charge is 2.33. The molecule has 1 aliphatic heterocycles. The van der Waals surface area contributed by atoms with Crippen LogP contribution in [0.1, 0.15) is 23.2 Å². The molecule has 28 heavy (non-hydrogen) atoms. The van der Waals surface area contributed by atoms with Gasteiger partial charge >= 0.3 is 6.18 Å². The molecule has 1 aromatic carbocycles. The molecule has 0 saturated carbocycles. The summed E-state index contributed by atoms with van der Waals surface area (Å²) in [5.74, 6) is 0.747. The van der Waals surface area contributed by atoms with Gasteiger partial charge in [-0.25, -0.2) is 8.42 Å². The molecule has 1 aliphatic rings. The number of amides is 2. The lowest BCUT2D eigenvalue weighted by Gasteiger charge is -2.26. The molecule has 2 amide bonds. The van der Waals surface area contributed by atoms with Crippen molar-refractivity contribution >= 4 is 21.8 Å². The van der Waals surface area contributed by atoms with E-state index in [1.165, 1.54) is 18.2 Å². The first kappa shape index (κ1) is 21.7. The maximum Gasteiger partial charge on any atom is 0.391 e. The molecule has 1 aromatic rings. The average Bonchev–Trinajstić information content (AvgIpc) is 2.60. The molecule has 1 saturated heterocycles. The van der Waals surface area contributed by atoms with Gasteiger partial charge in [-0.2, -0.15) is 17.5 Å². The lowest BCUT2D eigenvalue weighted by Crippen LogP contribution is -2.49. The second-order valence-corrected chi connectivity index (χ2v) is 8.05. The fourth-order valence-electron chi connectivity index (χ4n) is 2.63. The summed E-state index contributed by atoms with van der Waals surface area (Å²) in [7, 11) is -4.04. The number of carbonyl (C=O) groups excluding carboxylic acids is 2. The van der Waals surface area contributed by atoms with Crippen LogP contribution < -0.4 is 10.6 Å². The Morgan fingerprint density at radius 1 is 1.39 bits per heavy atom. The van der Waals surface area contributed by atoms with Gasteiger partial charge in [0.15, 0.2) is 0 Å². The zero-order chi connectivity index (χ0) is 20.9. The van der Waals surface area contributed by atoms with Crippen molar-refractivity contribution in [2.75, 3.05) is 19.6 Å². The van der Waals surface area contributed by atoms with Crippen LogP contribution in [0.4, 0.5) is 13.2 Å². The largest absolute Gasteiger partial charge is 0.391 e. The standard InChI is InChI=1S/C17H18F3N3O4S/c1-2-4-13(10-17(18,19)20)22-16(25)12-5-3-6-14(9-12)28(26,27)23-8-7-21-15(24)11-23/h1,3,5-6,9,13H,4,7-8,10-11H2,(H,21,24)(H,22,25)/t13-/m1/s1. The highest BCUT2D eigenvalue weighted by atomic mass is 32.2. The Morgan fingerprint density at radius 3 is 2.71 bits per heavy atom. The van der Waals surface area contributed by atoms with Crippen LogP contribution in [0.5, 0.6) is 0 Å². The summed E-state index contributed by atoms with van der Waals surface area (Å²) in [6.45, 7) is -0.127. The summed E-state index contributed by atoms with van der Waals surface area (Å²) in [5.41, 5.74) is -0.133. The van der Waals surface area contributed by atoms with Crippen LogP contribution in [0.2, 0.25) is 0 Å². The number of hydrogen-bond acceptors (Lipinski definition) is 4. The van der Waals surface area contributed by atoms with Crippen LogP contribution in [0, 0.1) is 12.3 Å². The average molecular weight is 417 g/mol. The summed E-state index contributed by atoms with van der Waals surface area (Å²) >= 11 is 0. The van der Waals surface area contributed by atoms with E-state index in [2.05, 4.69) is 16.6 Å². The topological polar surface area (TPSA) is 95.6 Å².